The highest BCUT2D eigenvalue weighted by molar-refractivity contribution is 5.65. The van der Waals surface area contributed by atoms with Gasteiger partial charge in [-0.05, 0) is 38.3 Å². The van der Waals surface area contributed by atoms with E-state index in [-0.39, 0.29) is 10.6 Å². The van der Waals surface area contributed by atoms with Gasteiger partial charge < -0.3 is 10.0 Å². The van der Waals surface area contributed by atoms with Crippen molar-refractivity contribution in [3.8, 4) is 0 Å². The minimum atomic E-state index is -0.692. The molecule has 21 heavy (non-hydrogen) atoms. The van der Waals surface area contributed by atoms with Gasteiger partial charge in [-0.15, -0.1) is 0 Å². The Labute approximate surface area is 125 Å². The number of rotatable bonds is 5. The SMILES string of the molecule is CCN(c1ccc([C@H](C)O)cc1[N+](=O)[O-])C1CCCCC1. The van der Waals surface area contributed by atoms with Gasteiger partial charge in [0.1, 0.15) is 5.69 Å². The van der Waals surface area contributed by atoms with E-state index in [9.17, 15) is 15.2 Å². The molecule has 1 N–H and O–H groups in total. The van der Waals surface area contributed by atoms with Crippen LogP contribution in [0.2, 0.25) is 0 Å². The Morgan fingerprint density at radius 1 is 1.38 bits per heavy atom. The van der Waals surface area contributed by atoms with Crippen LogP contribution in [0, 0.1) is 10.1 Å². The molecule has 0 radical (unpaired) electrons. The summed E-state index contributed by atoms with van der Waals surface area (Å²) in [6.45, 7) is 4.43. The number of aliphatic hydroxyl groups is 1. The molecular weight excluding hydrogens is 268 g/mol. The van der Waals surface area contributed by atoms with Crippen LogP contribution in [0.1, 0.15) is 57.6 Å². The lowest BCUT2D eigenvalue weighted by atomic mass is 9.93. The number of anilines is 1. The predicted octanol–water partition coefficient (Wildman–Crippen LogP) is 3.81. The Morgan fingerprint density at radius 2 is 2.05 bits per heavy atom. The van der Waals surface area contributed by atoms with Gasteiger partial charge in [0, 0.05) is 18.7 Å². The lowest BCUT2D eigenvalue weighted by Crippen LogP contribution is -2.37. The van der Waals surface area contributed by atoms with Gasteiger partial charge in [-0.25, -0.2) is 0 Å². The van der Waals surface area contributed by atoms with Gasteiger partial charge in [0.15, 0.2) is 0 Å². The molecular formula is C16H24N2O3. The molecule has 1 saturated carbocycles. The van der Waals surface area contributed by atoms with Gasteiger partial charge in [-0.2, -0.15) is 0 Å². The second-order valence-electron chi connectivity index (χ2n) is 5.76. The van der Waals surface area contributed by atoms with E-state index in [4.69, 9.17) is 0 Å². The van der Waals surface area contributed by atoms with Crippen LogP contribution in [-0.4, -0.2) is 22.6 Å². The second-order valence-corrected chi connectivity index (χ2v) is 5.76. The molecule has 0 heterocycles. The van der Waals surface area contributed by atoms with Crippen molar-refractivity contribution in [3.05, 3.63) is 33.9 Å². The minimum absolute atomic E-state index is 0.0980. The molecule has 0 unspecified atom stereocenters. The summed E-state index contributed by atoms with van der Waals surface area (Å²) in [5.41, 5.74) is 1.37. The standard InChI is InChI=1S/C16H24N2O3/c1-3-17(14-7-5-4-6-8-14)15-10-9-13(12(2)19)11-16(15)18(20)21/h9-12,14,19H,3-8H2,1-2H3/t12-/m0/s1. The average Bonchev–Trinajstić information content (AvgIpc) is 2.49. The van der Waals surface area contributed by atoms with Crippen molar-refractivity contribution in [2.45, 2.75) is 58.1 Å². The first-order valence-corrected chi connectivity index (χ1v) is 7.77. The molecule has 1 atom stereocenters. The number of nitro benzene ring substituents is 1. The van der Waals surface area contributed by atoms with E-state index in [0.717, 1.165) is 19.4 Å². The molecule has 1 aliphatic rings. The van der Waals surface area contributed by atoms with Crippen LogP contribution in [0.5, 0.6) is 0 Å². The van der Waals surface area contributed by atoms with Crippen LogP contribution in [0.3, 0.4) is 0 Å². The first-order valence-electron chi connectivity index (χ1n) is 7.77. The summed E-state index contributed by atoms with van der Waals surface area (Å²) in [4.78, 5) is 13.2. The fourth-order valence-electron chi connectivity index (χ4n) is 3.21. The maximum atomic E-state index is 11.4. The largest absolute Gasteiger partial charge is 0.389 e. The highest BCUT2D eigenvalue weighted by atomic mass is 16.6. The monoisotopic (exact) mass is 292 g/mol. The van der Waals surface area contributed by atoms with Crippen LogP contribution in [-0.2, 0) is 0 Å². The smallest absolute Gasteiger partial charge is 0.292 e. The topological polar surface area (TPSA) is 66.6 Å². The summed E-state index contributed by atoms with van der Waals surface area (Å²) in [7, 11) is 0. The molecule has 0 saturated heterocycles. The molecule has 0 spiro atoms. The van der Waals surface area contributed by atoms with Crippen LogP contribution in [0.25, 0.3) is 0 Å². The van der Waals surface area contributed by atoms with Crippen LogP contribution in [0.15, 0.2) is 18.2 Å². The first kappa shape index (κ1) is 15.8. The summed E-state index contributed by atoms with van der Waals surface area (Å²) >= 11 is 0. The van der Waals surface area contributed by atoms with E-state index in [1.54, 1.807) is 19.1 Å². The third kappa shape index (κ3) is 3.53. The molecule has 5 heteroatoms. The fraction of sp³-hybridized carbons (Fsp3) is 0.625. The lowest BCUT2D eigenvalue weighted by molar-refractivity contribution is -0.384. The first-order chi connectivity index (χ1) is 10.0. The van der Waals surface area contributed by atoms with Gasteiger partial charge in [0.05, 0.1) is 11.0 Å². The summed E-state index contributed by atoms with van der Waals surface area (Å²) in [6.07, 6.45) is 5.16. The number of aliphatic hydroxyl groups excluding tert-OH is 1. The van der Waals surface area contributed by atoms with E-state index in [1.165, 1.54) is 25.3 Å². The third-order valence-corrected chi connectivity index (χ3v) is 4.34. The van der Waals surface area contributed by atoms with Crippen molar-refractivity contribution < 1.29 is 10.0 Å². The highest BCUT2D eigenvalue weighted by Crippen LogP contribution is 2.35. The van der Waals surface area contributed by atoms with Gasteiger partial charge >= 0.3 is 0 Å². The van der Waals surface area contributed by atoms with E-state index in [2.05, 4.69) is 4.90 Å². The van der Waals surface area contributed by atoms with E-state index in [1.807, 2.05) is 6.92 Å². The molecule has 1 fully saturated rings. The molecule has 0 amide bonds. The molecule has 5 nitrogen and oxygen atoms in total. The van der Waals surface area contributed by atoms with Crippen LogP contribution in [0.4, 0.5) is 11.4 Å². The fourth-order valence-corrected chi connectivity index (χ4v) is 3.21. The van der Waals surface area contributed by atoms with Gasteiger partial charge in [0.2, 0.25) is 0 Å². The summed E-state index contributed by atoms with van der Waals surface area (Å²) in [6, 6.07) is 5.47. The number of hydrogen-bond acceptors (Lipinski definition) is 4. The quantitative estimate of drug-likeness (QED) is 0.662. The number of benzene rings is 1. The number of nitrogens with zero attached hydrogens (tertiary/aromatic N) is 2. The van der Waals surface area contributed by atoms with Crippen molar-refractivity contribution in [1.82, 2.24) is 0 Å². The van der Waals surface area contributed by atoms with Crippen molar-refractivity contribution >= 4 is 11.4 Å². The molecule has 0 bridgehead atoms. The average molecular weight is 292 g/mol. The van der Waals surface area contributed by atoms with Crippen LogP contribution >= 0.6 is 0 Å². The predicted molar refractivity (Wildman–Crippen MR) is 83.6 cm³/mol. The molecule has 1 aliphatic carbocycles. The lowest BCUT2D eigenvalue weighted by Gasteiger charge is -2.35. The summed E-state index contributed by atoms with van der Waals surface area (Å²) in [5, 5.41) is 21.0. The van der Waals surface area contributed by atoms with Gasteiger partial charge in [0.25, 0.3) is 5.69 Å². The van der Waals surface area contributed by atoms with Crippen molar-refractivity contribution in [2.75, 3.05) is 11.4 Å². The van der Waals surface area contributed by atoms with Crippen molar-refractivity contribution in [2.24, 2.45) is 0 Å². The van der Waals surface area contributed by atoms with Gasteiger partial charge in [-0.3, -0.25) is 10.1 Å². The number of nitro groups is 1. The molecule has 0 aromatic heterocycles. The van der Waals surface area contributed by atoms with Crippen molar-refractivity contribution in [1.29, 1.82) is 0 Å². The zero-order chi connectivity index (χ0) is 15.4. The molecule has 1 aromatic rings. The third-order valence-electron chi connectivity index (χ3n) is 4.34. The second kappa shape index (κ2) is 6.89. The Kier molecular flexibility index (Phi) is 5.17. The molecule has 116 valence electrons. The zero-order valence-electron chi connectivity index (χ0n) is 12.8. The van der Waals surface area contributed by atoms with Crippen molar-refractivity contribution in [3.63, 3.8) is 0 Å². The normalized spacial score (nSPS) is 17.5. The minimum Gasteiger partial charge on any atom is -0.389 e. The Hall–Kier alpha value is -1.62. The highest BCUT2D eigenvalue weighted by Gasteiger charge is 2.26. The summed E-state index contributed by atoms with van der Waals surface area (Å²) in [5.74, 6) is 0. The maximum absolute atomic E-state index is 11.4. The Morgan fingerprint density at radius 3 is 2.57 bits per heavy atom. The number of hydrogen-bond donors (Lipinski definition) is 1. The maximum Gasteiger partial charge on any atom is 0.292 e. The molecule has 0 aliphatic heterocycles. The van der Waals surface area contributed by atoms with Crippen LogP contribution < -0.4 is 4.90 Å². The van der Waals surface area contributed by atoms with E-state index < -0.39 is 6.10 Å². The van der Waals surface area contributed by atoms with E-state index in [0.29, 0.717) is 17.3 Å². The molecule has 1 aromatic carbocycles. The Bertz CT molecular complexity index is 496. The zero-order valence-corrected chi connectivity index (χ0v) is 12.8. The Balaban J connectivity index is 2.37. The summed E-state index contributed by atoms with van der Waals surface area (Å²) < 4.78 is 0. The van der Waals surface area contributed by atoms with E-state index >= 15 is 0 Å². The molecule has 2 rings (SSSR count). The van der Waals surface area contributed by atoms with Gasteiger partial charge in [-0.1, -0.05) is 25.3 Å².